The summed E-state index contributed by atoms with van der Waals surface area (Å²) in [5, 5.41) is 0. The van der Waals surface area contributed by atoms with Crippen molar-refractivity contribution in [3.8, 4) is 11.1 Å². The smallest absolute Gasteiger partial charge is 0.0184 e. The lowest BCUT2D eigenvalue weighted by Crippen LogP contribution is -1.87. The van der Waals surface area contributed by atoms with Gasteiger partial charge in [0.15, 0.2) is 0 Å². The zero-order chi connectivity index (χ0) is 14.8. The summed E-state index contributed by atoms with van der Waals surface area (Å²) < 4.78 is 0. The molecule has 0 aliphatic rings. The van der Waals surface area contributed by atoms with Crippen molar-refractivity contribution in [2.45, 2.75) is 58.3 Å². The highest BCUT2D eigenvalue weighted by Gasteiger charge is 1.98. The first-order valence-electron chi connectivity index (χ1n) is 8.54. The molecule has 0 heteroatoms. The fourth-order valence-corrected chi connectivity index (χ4v) is 2.78. The van der Waals surface area contributed by atoms with E-state index in [4.69, 9.17) is 0 Å². The highest BCUT2D eigenvalue weighted by Crippen LogP contribution is 2.20. The van der Waals surface area contributed by atoms with Gasteiger partial charge in [-0.2, -0.15) is 0 Å². The molecular weight excluding hydrogens is 252 g/mol. The molecule has 0 aliphatic carbocycles. The number of benzene rings is 2. The van der Waals surface area contributed by atoms with Crippen molar-refractivity contribution in [2.24, 2.45) is 0 Å². The van der Waals surface area contributed by atoms with E-state index in [1.165, 1.54) is 68.1 Å². The van der Waals surface area contributed by atoms with Crippen LogP contribution in [0.3, 0.4) is 0 Å². The minimum absolute atomic E-state index is 1.23. The summed E-state index contributed by atoms with van der Waals surface area (Å²) in [4.78, 5) is 0. The lowest BCUT2D eigenvalue weighted by atomic mass is 10.0. The molecule has 0 aliphatic heterocycles. The molecule has 0 atom stereocenters. The van der Waals surface area contributed by atoms with Gasteiger partial charge in [-0.25, -0.2) is 0 Å². The van der Waals surface area contributed by atoms with Crippen LogP contribution in [0.4, 0.5) is 0 Å². The molecule has 0 N–H and O–H groups in total. The van der Waals surface area contributed by atoms with Crippen LogP contribution in [0.1, 0.15) is 57.4 Å². The quantitative estimate of drug-likeness (QED) is 0.451. The van der Waals surface area contributed by atoms with Crippen LogP contribution < -0.4 is 0 Å². The zero-order valence-corrected chi connectivity index (χ0v) is 13.4. The number of hydrogen-bond acceptors (Lipinski definition) is 0. The lowest BCUT2D eigenvalue weighted by molar-refractivity contribution is 0.589. The maximum absolute atomic E-state index is 2.29. The normalized spacial score (nSPS) is 10.7. The predicted octanol–water partition coefficient (Wildman–Crippen LogP) is 6.65. The molecule has 0 spiro atoms. The van der Waals surface area contributed by atoms with Gasteiger partial charge in [0.2, 0.25) is 0 Å². The van der Waals surface area contributed by atoms with E-state index in [9.17, 15) is 0 Å². The monoisotopic (exact) mass is 280 g/mol. The Bertz CT molecular complexity index is 481. The molecule has 0 unspecified atom stereocenters. The second-order valence-electron chi connectivity index (χ2n) is 5.93. The Kier molecular flexibility index (Phi) is 7.07. The second-order valence-corrected chi connectivity index (χ2v) is 5.93. The molecular formula is C21H28. The molecule has 0 amide bonds. The Morgan fingerprint density at radius 2 is 1.14 bits per heavy atom. The highest BCUT2D eigenvalue weighted by atomic mass is 14.0. The summed E-state index contributed by atoms with van der Waals surface area (Å²) in [7, 11) is 0. The fourth-order valence-electron chi connectivity index (χ4n) is 2.78. The first kappa shape index (κ1) is 15.8. The van der Waals surface area contributed by atoms with Crippen LogP contribution in [0.2, 0.25) is 0 Å². The maximum Gasteiger partial charge on any atom is -0.0184 e. The van der Waals surface area contributed by atoms with E-state index in [1.807, 2.05) is 0 Å². The van der Waals surface area contributed by atoms with Gasteiger partial charge >= 0.3 is 0 Å². The van der Waals surface area contributed by atoms with E-state index in [2.05, 4.69) is 61.5 Å². The van der Waals surface area contributed by atoms with Gasteiger partial charge in [-0.1, -0.05) is 100 Å². The van der Waals surface area contributed by atoms with E-state index >= 15 is 0 Å². The van der Waals surface area contributed by atoms with Gasteiger partial charge in [-0.15, -0.1) is 0 Å². The maximum atomic E-state index is 2.29. The average Bonchev–Trinajstić information content (AvgIpc) is 2.55. The predicted molar refractivity (Wildman–Crippen MR) is 93.6 cm³/mol. The van der Waals surface area contributed by atoms with Crippen molar-refractivity contribution in [1.29, 1.82) is 0 Å². The first-order valence-corrected chi connectivity index (χ1v) is 8.54. The van der Waals surface area contributed by atoms with Crippen LogP contribution in [0.5, 0.6) is 0 Å². The molecule has 0 saturated carbocycles. The molecule has 2 rings (SSSR count). The Labute approximate surface area is 130 Å². The third-order valence-corrected chi connectivity index (χ3v) is 4.13. The molecule has 0 fully saturated rings. The highest BCUT2D eigenvalue weighted by molar-refractivity contribution is 5.63. The van der Waals surface area contributed by atoms with Crippen molar-refractivity contribution in [1.82, 2.24) is 0 Å². The Morgan fingerprint density at radius 3 is 1.81 bits per heavy atom. The van der Waals surface area contributed by atoms with Crippen LogP contribution in [-0.4, -0.2) is 0 Å². The minimum atomic E-state index is 1.23. The average molecular weight is 280 g/mol. The van der Waals surface area contributed by atoms with Crippen molar-refractivity contribution in [3.05, 3.63) is 60.2 Å². The summed E-state index contributed by atoms with van der Waals surface area (Å²) in [5.74, 6) is 0. The zero-order valence-electron chi connectivity index (χ0n) is 13.4. The third kappa shape index (κ3) is 5.75. The Balaban J connectivity index is 1.71. The summed E-state index contributed by atoms with van der Waals surface area (Å²) in [6, 6.07) is 19.7. The van der Waals surface area contributed by atoms with Crippen LogP contribution in [0.15, 0.2) is 54.6 Å². The molecule has 0 heterocycles. The number of aryl methyl sites for hydroxylation is 1. The molecule has 0 saturated heterocycles. The van der Waals surface area contributed by atoms with Crippen LogP contribution >= 0.6 is 0 Å². The van der Waals surface area contributed by atoms with Crippen LogP contribution in [0.25, 0.3) is 11.1 Å². The summed E-state index contributed by atoms with van der Waals surface area (Å²) >= 11 is 0. The van der Waals surface area contributed by atoms with Crippen LogP contribution in [-0.2, 0) is 6.42 Å². The molecule has 0 bridgehead atoms. The standard InChI is InChI=1S/C21H28/c1-2-3-4-5-6-7-9-12-19-15-17-21(18-16-19)20-13-10-8-11-14-20/h8,10-11,13-18H,2-7,9,12H2,1H3. The van der Waals surface area contributed by atoms with E-state index in [0.717, 1.165) is 0 Å². The first-order chi connectivity index (χ1) is 10.4. The number of unbranched alkanes of at least 4 members (excludes halogenated alkanes) is 6. The van der Waals surface area contributed by atoms with E-state index in [1.54, 1.807) is 0 Å². The van der Waals surface area contributed by atoms with E-state index < -0.39 is 0 Å². The van der Waals surface area contributed by atoms with Crippen molar-refractivity contribution >= 4 is 0 Å². The molecule has 0 nitrogen and oxygen atoms in total. The van der Waals surface area contributed by atoms with Gasteiger partial charge in [-0.3, -0.25) is 0 Å². The Morgan fingerprint density at radius 1 is 0.571 bits per heavy atom. The van der Waals surface area contributed by atoms with Crippen molar-refractivity contribution in [3.63, 3.8) is 0 Å². The van der Waals surface area contributed by atoms with Gasteiger partial charge in [0.1, 0.15) is 0 Å². The van der Waals surface area contributed by atoms with E-state index in [-0.39, 0.29) is 0 Å². The summed E-state index contributed by atoms with van der Waals surface area (Å²) in [5.41, 5.74) is 4.10. The topological polar surface area (TPSA) is 0 Å². The lowest BCUT2D eigenvalue weighted by Gasteiger charge is -2.05. The van der Waals surface area contributed by atoms with Crippen molar-refractivity contribution in [2.75, 3.05) is 0 Å². The SMILES string of the molecule is CCCCCCCCCc1ccc(-c2ccccc2)cc1. The van der Waals surface area contributed by atoms with Crippen molar-refractivity contribution < 1.29 is 0 Å². The van der Waals surface area contributed by atoms with Gasteiger partial charge in [0.05, 0.1) is 0 Å². The van der Waals surface area contributed by atoms with Gasteiger partial charge in [0, 0.05) is 0 Å². The van der Waals surface area contributed by atoms with Gasteiger partial charge in [0.25, 0.3) is 0 Å². The van der Waals surface area contributed by atoms with Crippen LogP contribution in [0, 0.1) is 0 Å². The van der Waals surface area contributed by atoms with Gasteiger partial charge < -0.3 is 0 Å². The van der Waals surface area contributed by atoms with Gasteiger partial charge in [-0.05, 0) is 29.5 Å². The number of rotatable bonds is 9. The molecule has 0 radical (unpaired) electrons. The summed E-state index contributed by atoms with van der Waals surface area (Å²) in [6.45, 7) is 2.28. The second kappa shape index (κ2) is 9.39. The third-order valence-electron chi connectivity index (χ3n) is 4.13. The largest absolute Gasteiger partial charge is 0.0654 e. The summed E-state index contributed by atoms with van der Waals surface area (Å²) in [6.07, 6.45) is 10.9. The molecule has 0 aromatic heterocycles. The Hall–Kier alpha value is -1.56. The molecule has 112 valence electrons. The molecule has 2 aromatic carbocycles. The van der Waals surface area contributed by atoms with E-state index in [0.29, 0.717) is 0 Å². The number of hydrogen-bond donors (Lipinski definition) is 0. The minimum Gasteiger partial charge on any atom is -0.0654 e. The fraction of sp³-hybridized carbons (Fsp3) is 0.429. The molecule has 21 heavy (non-hydrogen) atoms. The molecule has 2 aromatic rings.